The molecule has 0 saturated carbocycles. The summed E-state index contributed by atoms with van der Waals surface area (Å²) in [5.41, 5.74) is 0.520. The first kappa shape index (κ1) is 22.0. The predicted octanol–water partition coefficient (Wildman–Crippen LogP) is 2.35. The molecular formula is C20H26FN3O6. The molecule has 1 N–H and O–H groups in total. The van der Waals surface area contributed by atoms with Gasteiger partial charge in [-0.1, -0.05) is 11.2 Å². The molecule has 9 nitrogen and oxygen atoms in total. The van der Waals surface area contributed by atoms with Crippen molar-refractivity contribution < 1.29 is 32.5 Å². The Morgan fingerprint density at radius 2 is 2.13 bits per heavy atom. The fraction of sp³-hybridized carbons (Fsp3) is 0.550. The van der Waals surface area contributed by atoms with E-state index in [0.717, 1.165) is 0 Å². The fourth-order valence-corrected chi connectivity index (χ4v) is 2.88. The lowest BCUT2D eigenvalue weighted by Gasteiger charge is -2.27. The number of ether oxygens (including phenoxy) is 4. The number of hydrogen-bond acceptors (Lipinski definition) is 8. The number of rotatable bonds is 10. The number of carbonyl (C=O) groups excluding carboxylic acids is 1. The molecule has 0 unspecified atom stereocenters. The Morgan fingerprint density at radius 3 is 2.87 bits per heavy atom. The number of nitrogens with one attached hydrogen (secondary N) is 1. The molecule has 0 radical (unpaired) electrons. The first-order valence-corrected chi connectivity index (χ1v) is 9.89. The van der Waals surface area contributed by atoms with Crippen molar-refractivity contribution in [3.63, 3.8) is 0 Å². The van der Waals surface area contributed by atoms with Gasteiger partial charge in [-0.3, -0.25) is 4.79 Å². The number of carbonyl (C=O) groups is 1. The quantitative estimate of drug-likeness (QED) is 0.581. The fourth-order valence-electron chi connectivity index (χ4n) is 2.88. The smallest absolute Gasteiger partial charge is 0.414 e. The highest BCUT2D eigenvalue weighted by Crippen LogP contribution is 2.28. The van der Waals surface area contributed by atoms with Crippen molar-refractivity contribution in [3.8, 4) is 11.8 Å². The minimum absolute atomic E-state index is 0.0772. The summed E-state index contributed by atoms with van der Waals surface area (Å²) >= 11 is 0. The van der Waals surface area contributed by atoms with E-state index in [-0.39, 0.29) is 36.6 Å². The molecule has 1 aromatic heterocycles. The van der Waals surface area contributed by atoms with Crippen LogP contribution in [0.25, 0.3) is 0 Å². The van der Waals surface area contributed by atoms with Gasteiger partial charge in [0.15, 0.2) is 6.61 Å². The summed E-state index contributed by atoms with van der Waals surface area (Å²) in [6.07, 6.45) is 1.02. The molecular weight excluding hydrogens is 397 g/mol. The number of benzene rings is 1. The molecule has 1 saturated heterocycles. The average molecular weight is 423 g/mol. The second kappa shape index (κ2) is 10.9. The molecule has 10 heteroatoms. The Hall–Kier alpha value is -2.72. The van der Waals surface area contributed by atoms with Gasteiger partial charge in [0.25, 0.3) is 5.91 Å². The highest BCUT2D eigenvalue weighted by Gasteiger charge is 2.28. The topological polar surface area (TPSA) is 105 Å². The highest BCUT2D eigenvalue weighted by molar-refractivity contribution is 5.77. The van der Waals surface area contributed by atoms with Gasteiger partial charge in [0.05, 0.1) is 19.3 Å². The van der Waals surface area contributed by atoms with Gasteiger partial charge in [0.1, 0.15) is 24.3 Å². The second-order valence-corrected chi connectivity index (χ2v) is 6.82. The Kier molecular flexibility index (Phi) is 7.97. The Bertz CT molecular complexity index is 823. The van der Waals surface area contributed by atoms with Crippen LogP contribution in [0.2, 0.25) is 0 Å². The molecule has 1 aliphatic rings. The molecule has 164 valence electrons. The van der Waals surface area contributed by atoms with Crippen LogP contribution >= 0.6 is 0 Å². The van der Waals surface area contributed by atoms with Gasteiger partial charge < -0.3 is 28.7 Å². The zero-order valence-corrected chi connectivity index (χ0v) is 17.1. The summed E-state index contributed by atoms with van der Waals surface area (Å²) in [4.78, 5) is 12.1. The van der Waals surface area contributed by atoms with E-state index in [1.165, 1.54) is 6.07 Å². The van der Waals surface area contributed by atoms with Crippen LogP contribution < -0.4 is 14.8 Å². The molecule has 1 aromatic carbocycles. The minimum atomic E-state index is -0.372. The molecule has 1 aliphatic heterocycles. The number of halogens is 1. The van der Waals surface area contributed by atoms with E-state index >= 15 is 0 Å². The van der Waals surface area contributed by atoms with Crippen LogP contribution in [0.5, 0.6) is 11.8 Å². The number of aromatic nitrogens is 2. The number of aryl methyl sites for hydroxylation is 1. The van der Waals surface area contributed by atoms with Gasteiger partial charge in [-0.25, -0.2) is 4.39 Å². The second-order valence-electron chi connectivity index (χ2n) is 6.82. The molecule has 3 rings (SSSR count). The zero-order chi connectivity index (χ0) is 21.3. The van der Waals surface area contributed by atoms with Crippen molar-refractivity contribution in [1.29, 1.82) is 0 Å². The lowest BCUT2D eigenvalue weighted by molar-refractivity contribution is -0.125. The number of hydrogen-bond donors (Lipinski definition) is 1. The minimum Gasteiger partial charge on any atom is -0.484 e. The van der Waals surface area contributed by atoms with Gasteiger partial charge in [-0.15, -0.1) is 5.10 Å². The maximum atomic E-state index is 13.5. The Morgan fingerprint density at radius 1 is 1.27 bits per heavy atom. The van der Waals surface area contributed by atoms with Crippen molar-refractivity contribution >= 4 is 5.91 Å². The third kappa shape index (κ3) is 6.39. The molecule has 1 fully saturated rings. The van der Waals surface area contributed by atoms with Crippen LogP contribution in [-0.2, 0) is 14.3 Å². The van der Waals surface area contributed by atoms with Crippen molar-refractivity contribution in [2.75, 3.05) is 33.0 Å². The summed E-state index contributed by atoms with van der Waals surface area (Å²) in [7, 11) is 0. The van der Waals surface area contributed by atoms with E-state index in [0.29, 0.717) is 56.5 Å². The van der Waals surface area contributed by atoms with Crippen LogP contribution in [-0.4, -0.2) is 55.2 Å². The average Bonchev–Trinajstić information content (AvgIpc) is 3.21. The Labute approximate surface area is 173 Å². The van der Waals surface area contributed by atoms with Crippen molar-refractivity contribution in [3.05, 3.63) is 35.5 Å². The molecule has 0 bridgehead atoms. The largest absolute Gasteiger partial charge is 0.484 e. The zero-order valence-electron chi connectivity index (χ0n) is 17.1. The summed E-state index contributed by atoms with van der Waals surface area (Å²) in [5, 5.41) is 10.6. The van der Waals surface area contributed by atoms with E-state index in [1.54, 1.807) is 19.1 Å². The summed E-state index contributed by atoms with van der Waals surface area (Å²) in [6.45, 7) is 5.05. The molecule has 0 spiro atoms. The standard InChI is InChI=1S/C20H26FN3O6/c1-3-26-8-9-27-20-24-23-19(30-20)17-7-5-14(11-29-17)22-18(25)12-28-15-6-4-13(2)16(21)10-15/h4,6,10,14,17H,3,5,7-9,11-12H2,1-2H3,(H,22,25)/t14-,17+/m1/s1. The van der Waals surface area contributed by atoms with Crippen LogP contribution in [0.4, 0.5) is 4.39 Å². The Balaban J connectivity index is 1.37. The predicted molar refractivity (Wildman–Crippen MR) is 103 cm³/mol. The SMILES string of the molecule is CCOCCOc1nnc([C@@H]2CC[C@@H](NC(=O)COc3ccc(C)c(F)c3)CO2)o1. The maximum Gasteiger partial charge on any atom is 0.414 e. The summed E-state index contributed by atoms with van der Waals surface area (Å²) in [6, 6.07) is 4.33. The lowest BCUT2D eigenvalue weighted by Crippen LogP contribution is -2.43. The van der Waals surface area contributed by atoms with E-state index < -0.39 is 0 Å². The molecule has 0 aliphatic carbocycles. The summed E-state index contributed by atoms with van der Waals surface area (Å²) < 4.78 is 40.6. The van der Waals surface area contributed by atoms with Crippen molar-refractivity contribution in [1.82, 2.24) is 15.5 Å². The number of nitrogens with zero attached hydrogens (tertiary/aromatic N) is 2. The van der Waals surface area contributed by atoms with Crippen LogP contribution in [0.15, 0.2) is 22.6 Å². The van der Waals surface area contributed by atoms with Crippen LogP contribution in [0.3, 0.4) is 0 Å². The third-order valence-corrected chi connectivity index (χ3v) is 4.51. The molecule has 2 atom stereocenters. The van der Waals surface area contributed by atoms with Crippen molar-refractivity contribution in [2.45, 2.75) is 38.8 Å². The van der Waals surface area contributed by atoms with E-state index in [4.69, 9.17) is 23.4 Å². The molecule has 2 heterocycles. The summed E-state index contributed by atoms with van der Waals surface area (Å²) in [5.74, 6) is -0.0193. The number of amides is 1. The molecule has 1 amide bonds. The van der Waals surface area contributed by atoms with Gasteiger partial charge >= 0.3 is 6.08 Å². The van der Waals surface area contributed by atoms with Gasteiger partial charge in [-0.2, -0.15) is 0 Å². The monoisotopic (exact) mass is 423 g/mol. The van der Waals surface area contributed by atoms with E-state index in [1.807, 2.05) is 6.92 Å². The van der Waals surface area contributed by atoms with Gasteiger partial charge in [0, 0.05) is 12.7 Å². The third-order valence-electron chi connectivity index (χ3n) is 4.51. The normalized spacial score (nSPS) is 18.8. The van der Waals surface area contributed by atoms with Gasteiger partial charge in [0.2, 0.25) is 5.89 Å². The van der Waals surface area contributed by atoms with Crippen LogP contribution in [0.1, 0.15) is 37.3 Å². The lowest BCUT2D eigenvalue weighted by atomic mass is 10.1. The van der Waals surface area contributed by atoms with E-state index in [2.05, 4.69) is 15.5 Å². The molecule has 30 heavy (non-hydrogen) atoms. The first-order valence-electron chi connectivity index (χ1n) is 9.89. The first-order chi connectivity index (χ1) is 14.5. The molecule has 2 aromatic rings. The van der Waals surface area contributed by atoms with Crippen LogP contribution in [0, 0.1) is 12.7 Å². The van der Waals surface area contributed by atoms with E-state index in [9.17, 15) is 9.18 Å². The maximum absolute atomic E-state index is 13.5. The highest BCUT2D eigenvalue weighted by atomic mass is 19.1. The van der Waals surface area contributed by atoms with Gasteiger partial charge in [-0.05, 0) is 38.3 Å². The van der Waals surface area contributed by atoms with Crippen molar-refractivity contribution in [2.24, 2.45) is 0 Å².